The number of ether oxygens (including phenoxy) is 1. The Morgan fingerprint density at radius 3 is 2.82 bits per heavy atom. The smallest absolute Gasteiger partial charge is 0.120 e. The first-order valence-electron chi connectivity index (χ1n) is 9.40. The summed E-state index contributed by atoms with van der Waals surface area (Å²) in [6, 6.07) is 7.74. The third kappa shape index (κ3) is 4.29. The van der Waals surface area contributed by atoms with Crippen molar-refractivity contribution in [3.05, 3.63) is 47.7 Å². The number of nitrogens with zero attached hydrogens (tertiary/aromatic N) is 2. The standard InChI is InChI=1S/C21H26N2O3.2ClH/c1-2-14-13-23-8-6-15(14)11-20(23)21(25)17-5-7-22-19-4-3-16(12-18(17)19)26-10-9-24;;/h2-5,7,12,15,20-21,24-25H,6,8-11,13H2,1H3;2*1H/b14-2-;;. The van der Waals surface area contributed by atoms with Crippen molar-refractivity contribution in [3.63, 3.8) is 0 Å². The lowest BCUT2D eigenvalue weighted by molar-refractivity contribution is -0.00340. The van der Waals surface area contributed by atoms with E-state index in [4.69, 9.17) is 9.84 Å². The zero-order valence-corrected chi connectivity index (χ0v) is 17.6. The number of benzene rings is 1. The Labute approximate surface area is 178 Å². The molecule has 7 heteroatoms. The summed E-state index contributed by atoms with van der Waals surface area (Å²) < 4.78 is 5.54. The molecule has 2 aromatic rings. The monoisotopic (exact) mass is 426 g/mol. The number of pyridine rings is 1. The van der Waals surface area contributed by atoms with E-state index in [0.29, 0.717) is 11.7 Å². The van der Waals surface area contributed by atoms with E-state index in [9.17, 15) is 5.11 Å². The van der Waals surface area contributed by atoms with Gasteiger partial charge in [0, 0.05) is 24.2 Å². The number of rotatable bonds is 5. The van der Waals surface area contributed by atoms with E-state index < -0.39 is 6.10 Å². The van der Waals surface area contributed by atoms with Crippen LogP contribution in [0, 0.1) is 5.92 Å². The van der Waals surface area contributed by atoms with Crippen molar-refractivity contribution in [1.29, 1.82) is 0 Å². The SMILES string of the molecule is C/C=C1/CN2CCC1CC2C(O)c1ccnc2ccc(OCCO)cc12.Cl.Cl. The molecule has 28 heavy (non-hydrogen) atoms. The van der Waals surface area contributed by atoms with Gasteiger partial charge in [0.15, 0.2) is 0 Å². The van der Waals surface area contributed by atoms with Crippen LogP contribution in [0.3, 0.4) is 0 Å². The van der Waals surface area contributed by atoms with Gasteiger partial charge in [-0.1, -0.05) is 11.6 Å². The first-order valence-corrected chi connectivity index (χ1v) is 9.40. The van der Waals surface area contributed by atoms with Crippen LogP contribution in [0.4, 0.5) is 0 Å². The van der Waals surface area contributed by atoms with Crippen LogP contribution in [0.1, 0.15) is 31.4 Å². The number of halogens is 2. The van der Waals surface area contributed by atoms with Gasteiger partial charge in [0.05, 0.1) is 18.2 Å². The van der Waals surface area contributed by atoms with Crippen LogP contribution in [-0.2, 0) is 0 Å². The second-order valence-corrected chi connectivity index (χ2v) is 7.22. The molecule has 0 radical (unpaired) electrons. The van der Waals surface area contributed by atoms with E-state index in [1.165, 1.54) is 12.0 Å². The van der Waals surface area contributed by atoms with Crippen LogP contribution in [0.2, 0.25) is 0 Å². The molecular formula is C21H28Cl2N2O3. The summed E-state index contributed by atoms with van der Waals surface area (Å²) >= 11 is 0. The fourth-order valence-electron chi connectivity index (χ4n) is 4.46. The summed E-state index contributed by atoms with van der Waals surface area (Å²) in [7, 11) is 0. The number of fused-ring (bicyclic) bond motifs is 4. The molecule has 3 saturated heterocycles. The molecule has 154 valence electrons. The molecule has 1 aromatic heterocycles. The number of hydrogen-bond acceptors (Lipinski definition) is 5. The zero-order valence-electron chi connectivity index (χ0n) is 16.0. The van der Waals surface area contributed by atoms with Crippen LogP contribution < -0.4 is 4.74 Å². The fourth-order valence-corrected chi connectivity index (χ4v) is 4.46. The molecule has 2 N–H and O–H groups in total. The van der Waals surface area contributed by atoms with Crippen LogP contribution in [0.25, 0.3) is 10.9 Å². The zero-order chi connectivity index (χ0) is 18.1. The quantitative estimate of drug-likeness (QED) is 0.715. The Bertz CT molecular complexity index is 830. The number of allylic oxidation sites excluding steroid dienone is 1. The van der Waals surface area contributed by atoms with Gasteiger partial charge in [-0.15, -0.1) is 24.8 Å². The highest BCUT2D eigenvalue weighted by atomic mass is 35.5. The van der Waals surface area contributed by atoms with Gasteiger partial charge < -0.3 is 14.9 Å². The van der Waals surface area contributed by atoms with Crippen molar-refractivity contribution in [1.82, 2.24) is 9.88 Å². The van der Waals surface area contributed by atoms with Gasteiger partial charge in [0.2, 0.25) is 0 Å². The highest BCUT2D eigenvalue weighted by Crippen LogP contribution is 2.41. The van der Waals surface area contributed by atoms with Gasteiger partial charge in [0.25, 0.3) is 0 Å². The topological polar surface area (TPSA) is 65.8 Å². The van der Waals surface area contributed by atoms with Gasteiger partial charge in [-0.25, -0.2) is 0 Å². The molecule has 3 fully saturated rings. The van der Waals surface area contributed by atoms with Crippen molar-refractivity contribution in [2.45, 2.75) is 31.9 Å². The molecule has 0 aliphatic carbocycles. The van der Waals surface area contributed by atoms with Crippen LogP contribution >= 0.6 is 24.8 Å². The number of aromatic nitrogens is 1. The molecule has 0 spiro atoms. The molecule has 4 unspecified atom stereocenters. The molecule has 0 saturated carbocycles. The molecule has 2 bridgehead atoms. The lowest BCUT2D eigenvalue weighted by atomic mass is 9.76. The van der Waals surface area contributed by atoms with Crippen LogP contribution in [0.15, 0.2) is 42.1 Å². The molecule has 3 aliphatic heterocycles. The molecule has 5 rings (SSSR count). The first-order chi connectivity index (χ1) is 12.7. The fraction of sp³-hybridized carbons (Fsp3) is 0.476. The molecule has 1 aromatic carbocycles. The number of hydrogen-bond donors (Lipinski definition) is 2. The Kier molecular flexibility index (Phi) is 8.10. The summed E-state index contributed by atoms with van der Waals surface area (Å²) in [6.45, 7) is 4.38. The van der Waals surface area contributed by atoms with E-state index in [1.54, 1.807) is 6.20 Å². The maximum absolute atomic E-state index is 11.2. The second-order valence-electron chi connectivity index (χ2n) is 7.22. The predicted octanol–water partition coefficient (Wildman–Crippen LogP) is 3.52. The van der Waals surface area contributed by atoms with E-state index in [1.807, 2.05) is 24.3 Å². The summed E-state index contributed by atoms with van der Waals surface area (Å²) in [5, 5.41) is 21.1. The number of aliphatic hydroxyl groups excluding tert-OH is 2. The normalized spacial score (nSPS) is 25.8. The van der Waals surface area contributed by atoms with Gasteiger partial charge in [-0.2, -0.15) is 0 Å². The third-order valence-corrected chi connectivity index (χ3v) is 5.83. The molecule has 0 amide bonds. The molecule has 4 heterocycles. The van der Waals surface area contributed by atoms with Crippen LogP contribution in [0.5, 0.6) is 5.75 Å². The average Bonchev–Trinajstić information content (AvgIpc) is 2.71. The van der Waals surface area contributed by atoms with Gasteiger partial charge >= 0.3 is 0 Å². The highest BCUT2D eigenvalue weighted by Gasteiger charge is 2.40. The number of piperidine rings is 3. The maximum Gasteiger partial charge on any atom is 0.120 e. The van der Waals surface area contributed by atoms with E-state index in [-0.39, 0.29) is 44.1 Å². The Hall–Kier alpha value is -1.37. The lowest BCUT2D eigenvalue weighted by Gasteiger charge is -2.48. The maximum atomic E-state index is 11.2. The minimum absolute atomic E-state index is 0. The van der Waals surface area contributed by atoms with Crippen molar-refractivity contribution in [2.24, 2.45) is 5.92 Å². The Morgan fingerprint density at radius 2 is 2.14 bits per heavy atom. The lowest BCUT2D eigenvalue weighted by Crippen LogP contribution is -2.52. The van der Waals surface area contributed by atoms with E-state index in [2.05, 4.69) is 22.9 Å². The molecule has 5 nitrogen and oxygen atoms in total. The minimum Gasteiger partial charge on any atom is -0.491 e. The Morgan fingerprint density at radius 1 is 1.32 bits per heavy atom. The van der Waals surface area contributed by atoms with Gasteiger partial charge in [0.1, 0.15) is 12.4 Å². The van der Waals surface area contributed by atoms with Crippen molar-refractivity contribution >= 4 is 35.7 Å². The average molecular weight is 427 g/mol. The van der Waals surface area contributed by atoms with Crippen molar-refractivity contribution < 1.29 is 14.9 Å². The molecule has 4 atom stereocenters. The summed E-state index contributed by atoms with van der Waals surface area (Å²) in [5.74, 6) is 1.29. The molecular weight excluding hydrogens is 399 g/mol. The van der Waals surface area contributed by atoms with Crippen LogP contribution in [-0.4, -0.2) is 52.4 Å². The third-order valence-electron chi connectivity index (χ3n) is 5.83. The highest BCUT2D eigenvalue weighted by molar-refractivity contribution is 5.85. The van der Waals surface area contributed by atoms with Gasteiger partial charge in [-0.05, 0) is 62.1 Å². The summed E-state index contributed by atoms with van der Waals surface area (Å²) in [4.78, 5) is 6.84. The second kappa shape index (κ2) is 9.90. The Balaban J connectivity index is 0.00000140. The number of aliphatic hydroxyl groups is 2. The van der Waals surface area contributed by atoms with Crippen molar-refractivity contribution in [2.75, 3.05) is 26.3 Å². The first kappa shape index (κ1) is 22.9. The molecule has 3 aliphatic rings. The minimum atomic E-state index is -0.546. The summed E-state index contributed by atoms with van der Waals surface area (Å²) in [5.41, 5.74) is 3.27. The summed E-state index contributed by atoms with van der Waals surface area (Å²) in [6.07, 6.45) is 5.66. The predicted molar refractivity (Wildman–Crippen MR) is 116 cm³/mol. The van der Waals surface area contributed by atoms with E-state index >= 15 is 0 Å². The van der Waals surface area contributed by atoms with E-state index in [0.717, 1.165) is 36.0 Å². The van der Waals surface area contributed by atoms with Crippen molar-refractivity contribution in [3.8, 4) is 5.75 Å². The van der Waals surface area contributed by atoms with Gasteiger partial charge in [-0.3, -0.25) is 9.88 Å². The largest absolute Gasteiger partial charge is 0.491 e.